The zero-order valence-electron chi connectivity index (χ0n) is 16.1. The number of hydrogen-bond acceptors (Lipinski definition) is 3. The van der Waals surface area contributed by atoms with Crippen LogP contribution in [0, 0.1) is 17.1 Å². The van der Waals surface area contributed by atoms with Crippen LogP contribution < -0.4 is 10.5 Å². The highest BCUT2D eigenvalue weighted by atomic mass is 35.5. The lowest BCUT2D eigenvalue weighted by molar-refractivity contribution is 0.0985. The van der Waals surface area contributed by atoms with Crippen molar-refractivity contribution in [2.75, 3.05) is 4.90 Å². The second-order valence-electron chi connectivity index (χ2n) is 6.88. The molecule has 0 aliphatic heterocycles. The van der Waals surface area contributed by atoms with Crippen molar-refractivity contribution in [3.05, 3.63) is 111 Å². The average Bonchev–Trinajstić information content (AvgIpc) is 2.77. The lowest BCUT2D eigenvalue weighted by Crippen LogP contribution is -2.31. The van der Waals surface area contributed by atoms with E-state index in [-0.39, 0.29) is 18.0 Å². The van der Waals surface area contributed by atoms with Crippen molar-refractivity contribution < 1.29 is 9.18 Å². The van der Waals surface area contributed by atoms with Crippen molar-refractivity contribution in [1.82, 2.24) is 4.98 Å². The van der Waals surface area contributed by atoms with Crippen molar-refractivity contribution >= 4 is 34.1 Å². The van der Waals surface area contributed by atoms with Crippen molar-refractivity contribution in [1.29, 1.82) is 5.26 Å². The number of hydrogen-bond donors (Lipinski definition) is 1. The summed E-state index contributed by atoms with van der Waals surface area (Å²) in [4.78, 5) is 29.5. The third kappa shape index (κ3) is 4.18. The summed E-state index contributed by atoms with van der Waals surface area (Å²) in [5.74, 6) is -0.902. The highest BCUT2D eigenvalue weighted by molar-refractivity contribution is 6.31. The number of H-pyrrole nitrogens is 1. The predicted octanol–water partition coefficient (Wildman–Crippen LogP) is 5.04. The first-order valence-electron chi connectivity index (χ1n) is 9.34. The molecule has 4 rings (SSSR count). The Labute approximate surface area is 181 Å². The molecule has 1 heterocycles. The number of benzene rings is 3. The van der Waals surface area contributed by atoms with Crippen molar-refractivity contribution in [3.63, 3.8) is 0 Å². The topological polar surface area (TPSA) is 77.0 Å². The summed E-state index contributed by atoms with van der Waals surface area (Å²) < 4.78 is 14.3. The van der Waals surface area contributed by atoms with Crippen LogP contribution >= 0.6 is 11.6 Å². The molecule has 0 aliphatic rings. The van der Waals surface area contributed by atoms with Crippen molar-refractivity contribution in [2.45, 2.75) is 6.54 Å². The third-order valence-corrected chi connectivity index (χ3v) is 5.10. The number of halogens is 2. The Morgan fingerprint density at radius 3 is 2.52 bits per heavy atom. The highest BCUT2D eigenvalue weighted by Gasteiger charge is 2.20. The second kappa shape index (κ2) is 8.42. The molecular weight excluding hydrogens is 417 g/mol. The highest BCUT2D eigenvalue weighted by Crippen LogP contribution is 2.26. The first-order valence-corrected chi connectivity index (χ1v) is 9.72. The van der Waals surface area contributed by atoms with Gasteiger partial charge in [0.15, 0.2) is 0 Å². The van der Waals surface area contributed by atoms with Gasteiger partial charge < -0.3 is 9.88 Å². The van der Waals surface area contributed by atoms with E-state index >= 15 is 0 Å². The Morgan fingerprint density at radius 2 is 1.81 bits per heavy atom. The number of nitrogens with zero attached hydrogens (tertiary/aromatic N) is 2. The molecule has 3 aromatic carbocycles. The van der Waals surface area contributed by atoms with Gasteiger partial charge in [0.05, 0.1) is 23.7 Å². The van der Waals surface area contributed by atoms with Crippen molar-refractivity contribution in [3.8, 4) is 6.07 Å². The van der Waals surface area contributed by atoms with Crippen LogP contribution in [0.25, 0.3) is 10.9 Å². The second-order valence-corrected chi connectivity index (χ2v) is 7.32. The van der Waals surface area contributed by atoms with Gasteiger partial charge >= 0.3 is 0 Å². The lowest BCUT2D eigenvalue weighted by Gasteiger charge is -2.24. The van der Waals surface area contributed by atoms with Gasteiger partial charge in [0, 0.05) is 27.7 Å². The number of carbonyl (C=O) groups is 1. The maximum atomic E-state index is 14.3. The predicted molar refractivity (Wildman–Crippen MR) is 118 cm³/mol. The van der Waals surface area contributed by atoms with Crippen LogP contribution in [0.2, 0.25) is 5.02 Å². The number of rotatable bonds is 4. The maximum absolute atomic E-state index is 14.3. The third-order valence-electron chi connectivity index (χ3n) is 4.87. The Balaban J connectivity index is 1.83. The number of nitriles is 1. The summed E-state index contributed by atoms with van der Waals surface area (Å²) in [6, 6.07) is 20.9. The Bertz CT molecular complexity index is 1390. The number of nitrogens with one attached hydrogen (secondary N) is 1. The molecule has 31 heavy (non-hydrogen) atoms. The van der Waals surface area contributed by atoms with E-state index in [0.717, 1.165) is 0 Å². The van der Waals surface area contributed by atoms with Gasteiger partial charge in [-0.3, -0.25) is 9.59 Å². The molecule has 1 N–H and O–H groups in total. The van der Waals surface area contributed by atoms with Crippen LogP contribution in [0.5, 0.6) is 0 Å². The van der Waals surface area contributed by atoms with E-state index in [9.17, 15) is 14.0 Å². The Hall–Kier alpha value is -3.95. The number of para-hydroxylation sites is 1. The smallest absolute Gasteiger partial charge is 0.258 e. The summed E-state index contributed by atoms with van der Waals surface area (Å²) in [5.41, 5.74) is 1.42. The van der Waals surface area contributed by atoms with Crippen LogP contribution in [0.4, 0.5) is 10.1 Å². The van der Waals surface area contributed by atoms with Gasteiger partial charge in [0.1, 0.15) is 5.82 Å². The molecule has 1 amide bonds. The van der Waals surface area contributed by atoms with Gasteiger partial charge in [-0.05, 0) is 54.1 Å². The molecule has 1 aromatic heterocycles. The average molecular weight is 432 g/mol. The zero-order chi connectivity index (χ0) is 22.0. The molecule has 0 saturated heterocycles. The van der Waals surface area contributed by atoms with Gasteiger partial charge in [-0.25, -0.2) is 4.39 Å². The number of anilines is 1. The van der Waals surface area contributed by atoms with E-state index in [4.69, 9.17) is 16.9 Å². The maximum Gasteiger partial charge on any atom is 0.258 e. The molecule has 7 heteroatoms. The molecule has 0 unspecified atom stereocenters. The van der Waals surface area contributed by atoms with Gasteiger partial charge in [0.25, 0.3) is 5.91 Å². The van der Waals surface area contributed by atoms with E-state index in [2.05, 4.69) is 4.98 Å². The summed E-state index contributed by atoms with van der Waals surface area (Å²) in [6.45, 7) is 0.0169. The minimum absolute atomic E-state index is 0.0169. The summed E-state index contributed by atoms with van der Waals surface area (Å²) in [5, 5.41) is 9.95. The number of fused-ring (bicyclic) bond motifs is 1. The van der Waals surface area contributed by atoms with E-state index in [1.807, 2.05) is 6.07 Å². The Kier molecular flexibility index (Phi) is 5.52. The standard InChI is InChI=1S/C24H15ClFN3O2/c25-18-3-1-4-19(12-18)29(24(31)16-9-7-15(13-27)8-10-16)14-17-11-22(30)28-23-20(17)5-2-6-21(23)26/h1-12H,14H2,(H,28,30). The Morgan fingerprint density at radius 1 is 1.06 bits per heavy atom. The fraction of sp³-hybridized carbons (Fsp3) is 0.0417. The normalized spacial score (nSPS) is 10.6. The zero-order valence-corrected chi connectivity index (χ0v) is 16.9. The lowest BCUT2D eigenvalue weighted by atomic mass is 10.1. The van der Waals surface area contributed by atoms with Gasteiger partial charge in [0.2, 0.25) is 5.56 Å². The molecule has 5 nitrogen and oxygen atoms in total. The first-order chi connectivity index (χ1) is 15.0. The molecule has 0 fully saturated rings. The van der Waals surface area contributed by atoms with Crippen LogP contribution in [-0.2, 0) is 6.54 Å². The summed E-state index contributed by atoms with van der Waals surface area (Å²) in [7, 11) is 0. The number of carbonyl (C=O) groups excluding carboxylic acids is 1. The van der Waals surface area contributed by atoms with Crippen LogP contribution in [0.3, 0.4) is 0 Å². The largest absolute Gasteiger partial charge is 0.319 e. The number of aromatic nitrogens is 1. The molecule has 0 saturated carbocycles. The molecule has 0 aliphatic carbocycles. The molecule has 152 valence electrons. The molecule has 4 aromatic rings. The van der Waals surface area contributed by atoms with E-state index in [1.54, 1.807) is 60.7 Å². The van der Waals surface area contributed by atoms with Gasteiger partial charge in [-0.2, -0.15) is 5.26 Å². The van der Waals surface area contributed by atoms with Crippen molar-refractivity contribution in [2.24, 2.45) is 0 Å². The molecule has 0 spiro atoms. The van der Waals surface area contributed by atoms with E-state index in [1.165, 1.54) is 17.0 Å². The fourth-order valence-corrected chi connectivity index (χ4v) is 3.57. The molecular formula is C24H15ClFN3O2. The summed E-state index contributed by atoms with van der Waals surface area (Å²) >= 11 is 6.14. The van der Waals surface area contributed by atoms with Gasteiger partial charge in [-0.15, -0.1) is 0 Å². The monoisotopic (exact) mass is 431 g/mol. The number of amides is 1. The fourth-order valence-electron chi connectivity index (χ4n) is 3.38. The van der Waals surface area contributed by atoms with Crippen LogP contribution in [-0.4, -0.2) is 10.9 Å². The SMILES string of the molecule is N#Cc1ccc(C(=O)N(Cc2cc(=O)[nH]c3c(F)cccc23)c2cccc(Cl)c2)cc1. The number of pyridine rings is 1. The summed E-state index contributed by atoms with van der Waals surface area (Å²) in [6.07, 6.45) is 0. The van der Waals surface area contributed by atoms with Crippen LogP contribution in [0.15, 0.2) is 77.6 Å². The van der Waals surface area contributed by atoms with Crippen LogP contribution in [0.1, 0.15) is 21.5 Å². The van der Waals surface area contributed by atoms with E-state index in [0.29, 0.717) is 32.8 Å². The molecule has 0 bridgehead atoms. The first kappa shape index (κ1) is 20.3. The van der Waals surface area contributed by atoms with Gasteiger partial charge in [-0.1, -0.05) is 29.8 Å². The van der Waals surface area contributed by atoms with E-state index < -0.39 is 11.4 Å². The quantitative estimate of drug-likeness (QED) is 0.491. The minimum atomic E-state index is -0.552. The molecule has 0 radical (unpaired) electrons. The number of aromatic amines is 1. The minimum Gasteiger partial charge on any atom is -0.319 e. The molecule has 0 atom stereocenters.